The summed E-state index contributed by atoms with van der Waals surface area (Å²) in [6, 6.07) is 16.6. The zero-order valence-electron chi connectivity index (χ0n) is 17.5. The molecule has 0 fully saturated rings. The van der Waals surface area contributed by atoms with E-state index in [0.717, 1.165) is 11.1 Å². The third-order valence-corrected chi connectivity index (χ3v) is 6.70. The Morgan fingerprint density at radius 1 is 0.879 bits per heavy atom. The van der Waals surface area contributed by atoms with Gasteiger partial charge in [-0.05, 0) is 66.6 Å². The van der Waals surface area contributed by atoms with Gasteiger partial charge in [0, 0.05) is 18.0 Å². The Labute approximate surface area is 190 Å². The largest absolute Gasteiger partial charge is 0.397 e. The number of hydrogen-bond donors (Lipinski definition) is 2. The maximum Gasteiger partial charge on any atom is 0.255 e. The average Bonchev–Trinajstić information content (AvgIpc) is 2.81. The van der Waals surface area contributed by atoms with Gasteiger partial charge in [0.25, 0.3) is 5.91 Å². The standard InChI is InChI=1S/C24H19FN4O3S/c1-15-27-13-21(14-28-15)33(31,32)20-9-4-17(5-10-20)24(30)29-23-12-18(6-11-22(23)26)16-2-7-19(25)8-3-16/h2-14H,26H2,1H3,(H,29,30). The Morgan fingerprint density at radius 3 is 2.12 bits per heavy atom. The Bertz CT molecular complexity index is 1420. The first-order chi connectivity index (χ1) is 15.7. The second kappa shape index (κ2) is 8.79. The number of aryl methyl sites for hydroxylation is 1. The lowest BCUT2D eigenvalue weighted by Gasteiger charge is -2.11. The van der Waals surface area contributed by atoms with Gasteiger partial charge in [-0.15, -0.1) is 0 Å². The molecule has 0 bridgehead atoms. The summed E-state index contributed by atoms with van der Waals surface area (Å²) in [5.41, 5.74) is 8.51. The molecule has 7 nitrogen and oxygen atoms in total. The van der Waals surface area contributed by atoms with Crippen molar-refractivity contribution in [1.82, 2.24) is 9.97 Å². The molecule has 4 aromatic rings. The van der Waals surface area contributed by atoms with Crippen molar-refractivity contribution in [3.05, 3.63) is 96.3 Å². The van der Waals surface area contributed by atoms with Gasteiger partial charge in [0.05, 0.1) is 16.3 Å². The van der Waals surface area contributed by atoms with Crippen molar-refractivity contribution >= 4 is 27.1 Å². The van der Waals surface area contributed by atoms with Gasteiger partial charge in [-0.25, -0.2) is 22.8 Å². The van der Waals surface area contributed by atoms with Crippen LogP contribution in [-0.4, -0.2) is 24.3 Å². The van der Waals surface area contributed by atoms with E-state index in [-0.39, 0.29) is 21.2 Å². The van der Waals surface area contributed by atoms with Gasteiger partial charge in [0.1, 0.15) is 16.5 Å². The minimum absolute atomic E-state index is 0.0179. The van der Waals surface area contributed by atoms with E-state index in [1.165, 1.54) is 48.8 Å². The number of aromatic nitrogens is 2. The molecular formula is C24H19FN4O3S. The zero-order chi connectivity index (χ0) is 23.6. The molecule has 0 atom stereocenters. The quantitative estimate of drug-likeness (QED) is 0.428. The van der Waals surface area contributed by atoms with Crippen molar-refractivity contribution in [3.63, 3.8) is 0 Å². The molecule has 1 heterocycles. The fourth-order valence-electron chi connectivity index (χ4n) is 3.12. The van der Waals surface area contributed by atoms with Crippen molar-refractivity contribution in [3.8, 4) is 11.1 Å². The summed E-state index contributed by atoms with van der Waals surface area (Å²) in [6.45, 7) is 1.66. The zero-order valence-corrected chi connectivity index (χ0v) is 18.3. The smallest absolute Gasteiger partial charge is 0.255 e. The van der Waals surface area contributed by atoms with Crippen molar-refractivity contribution in [2.45, 2.75) is 16.7 Å². The Morgan fingerprint density at radius 2 is 1.48 bits per heavy atom. The van der Waals surface area contributed by atoms with Crippen molar-refractivity contribution in [2.24, 2.45) is 0 Å². The first kappa shape index (κ1) is 22.1. The third kappa shape index (κ3) is 4.73. The molecule has 1 aromatic heterocycles. The van der Waals surface area contributed by atoms with Gasteiger partial charge < -0.3 is 11.1 Å². The SMILES string of the molecule is Cc1ncc(S(=O)(=O)c2ccc(C(=O)Nc3cc(-c4ccc(F)cc4)ccc3N)cc2)cn1. The van der Waals surface area contributed by atoms with Crippen LogP contribution in [0, 0.1) is 12.7 Å². The van der Waals surface area contributed by atoms with Crippen molar-refractivity contribution in [1.29, 1.82) is 0 Å². The molecule has 0 aliphatic rings. The highest BCUT2D eigenvalue weighted by Crippen LogP contribution is 2.28. The van der Waals surface area contributed by atoms with Crippen LogP contribution in [0.5, 0.6) is 0 Å². The number of nitrogens with two attached hydrogens (primary N) is 1. The van der Waals surface area contributed by atoms with Crippen LogP contribution in [0.3, 0.4) is 0 Å². The first-order valence-corrected chi connectivity index (χ1v) is 11.3. The summed E-state index contributed by atoms with van der Waals surface area (Å²) in [7, 11) is -3.81. The predicted octanol–water partition coefficient (Wildman–Crippen LogP) is 4.26. The van der Waals surface area contributed by atoms with Crippen LogP contribution in [0.4, 0.5) is 15.8 Å². The Balaban J connectivity index is 1.55. The summed E-state index contributed by atoms with van der Waals surface area (Å²) >= 11 is 0. The van der Waals surface area contributed by atoms with E-state index in [0.29, 0.717) is 17.2 Å². The number of nitrogens with one attached hydrogen (secondary N) is 1. The van der Waals surface area contributed by atoms with Gasteiger partial charge in [0.2, 0.25) is 9.84 Å². The first-order valence-electron chi connectivity index (χ1n) is 9.85. The maximum atomic E-state index is 13.2. The third-order valence-electron chi connectivity index (χ3n) is 4.97. The number of carbonyl (C=O) groups is 1. The molecule has 0 saturated heterocycles. The second-order valence-electron chi connectivity index (χ2n) is 7.26. The molecule has 0 aliphatic heterocycles. The van der Waals surface area contributed by atoms with Crippen LogP contribution >= 0.6 is 0 Å². The summed E-state index contributed by atoms with van der Waals surface area (Å²) in [4.78, 5) is 20.6. The van der Waals surface area contributed by atoms with Gasteiger partial charge in [-0.1, -0.05) is 18.2 Å². The number of hydrogen-bond acceptors (Lipinski definition) is 6. The Hall–Kier alpha value is -4.11. The molecule has 0 unspecified atom stereocenters. The number of sulfone groups is 1. The van der Waals surface area contributed by atoms with Gasteiger partial charge in [-0.2, -0.15) is 0 Å². The monoisotopic (exact) mass is 462 g/mol. The average molecular weight is 463 g/mol. The minimum atomic E-state index is -3.81. The van der Waals surface area contributed by atoms with E-state index in [4.69, 9.17) is 5.73 Å². The lowest BCUT2D eigenvalue weighted by molar-refractivity contribution is 0.102. The molecule has 166 valence electrons. The molecular weight excluding hydrogens is 443 g/mol. The van der Waals surface area contributed by atoms with Gasteiger partial charge >= 0.3 is 0 Å². The van der Waals surface area contributed by atoms with Crippen LogP contribution in [0.2, 0.25) is 0 Å². The lowest BCUT2D eigenvalue weighted by atomic mass is 10.0. The summed E-state index contributed by atoms with van der Waals surface area (Å²) in [5, 5.41) is 2.74. The number of rotatable bonds is 5. The summed E-state index contributed by atoms with van der Waals surface area (Å²) < 4.78 is 38.7. The molecule has 0 radical (unpaired) electrons. The number of nitrogen functional groups attached to an aromatic ring is 1. The predicted molar refractivity (Wildman–Crippen MR) is 123 cm³/mol. The van der Waals surface area contributed by atoms with E-state index in [1.54, 1.807) is 37.3 Å². The highest BCUT2D eigenvalue weighted by atomic mass is 32.2. The van der Waals surface area contributed by atoms with E-state index < -0.39 is 15.7 Å². The molecule has 0 aliphatic carbocycles. The molecule has 9 heteroatoms. The van der Waals surface area contributed by atoms with Crippen LogP contribution in [0.15, 0.2) is 88.9 Å². The van der Waals surface area contributed by atoms with Gasteiger partial charge in [0.15, 0.2) is 0 Å². The fourth-order valence-corrected chi connectivity index (χ4v) is 4.27. The molecule has 4 rings (SSSR count). The normalized spacial score (nSPS) is 11.2. The molecule has 3 N–H and O–H groups in total. The topological polar surface area (TPSA) is 115 Å². The van der Waals surface area contributed by atoms with Crippen molar-refractivity contribution in [2.75, 3.05) is 11.1 Å². The second-order valence-corrected chi connectivity index (χ2v) is 9.21. The van der Waals surface area contributed by atoms with Gasteiger partial charge in [-0.3, -0.25) is 4.79 Å². The fraction of sp³-hybridized carbons (Fsp3) is 0.0417. The maximum absolute atomic E-state index is 13.2. The highest BCUT2D eigenvalue weighted by Gasteiger charge is 2.19. The molecule has 3 aromatic carbocycles. The molecule has 1 amide bonds. The van der Waals surface area contributed by atoms with E-state index in [9.17, 15) is 17.6 Å². The number of carbonyl (C=O) groups excluding carboxylic acids is 1. The van der Waals surface area contributed by atoms with Crippen LogP contribution < -0.4 is 11.1 Å². The van der Waals surface area contributed by atoms with E-state index in [2.05, 4.69) is 15.3 Å². The number of halogens is 1. The molecule has 0 spiro atoms. The van der Waals surface area contributed by atoms with Crippen LogP contribution in [-0.2, 0) is 9.84 Å². The summed E-state index contributed by atoms with van der Waals surface area (Å²) in [6.07, 6.45) is 2.49. The van der Waals surface area contributed by atoms with E-state index >= 15 is 0 Å². The number of nitrogens with zero attached hydrogens (tertiary/aromatic N) is 2. The van der Waals surface area contributed by atoms with Crippen LogP contribution in [0.1, 0.15) is 16.2 Å². The number of benzene rings is 3. The number of anilines is 2. The lowest BCUT2D eigenvalue weighted by Crippen LogP contribution is -2.13. The summed E-state index contributed by atoms with van der Waals surface area (Å²) in [5.74, 6) is -0.340. The van der Waals surface area contributed by atoms with Crippen LogP contribution in [0.25, 0.3) is 11.1 Å². The Kier molecular flexibility index (Phi) is 5.89. The van der Waals surface area contributed by atoms with E-state index in [1.807, 2.05) is 0 Å². The minimum Gasteiger partial charge on any atom is -0.397 e. The molecule has 0 saturated carbocycles. The van der Waals surface area contributed by atoms with Crippen molar-refractivity contribution < 1.29 is 17.6 Å². The highest BCUT2D eigenvalue weighted by molar-refractivity contribution is 7.91. The number of amides is 1. The molecule has 33 heavy (non-hydrogen) atoms.